The van der Waals surface area contributed by atoms with Crippen LogP contribution in [0.15, 0.2) is 54.7 Å². The third kappa shape index (κ3) is 5.27. The topological polar surface area (TPSA) is 49.3 Å². The van der Waals surface area contributed by atoms with Crippen LogP contribution in [-0.4, -0.2) is 38.1 Å². The molecule has 1 aromatic heterocycles. The Morgan fingerprint density at radius 2 is 1.76 bits per heavy atom. The second-order valence-corrected chi connectivity index (χ2v) is 9.23. The Labute approximate surface area is 174 Å². The van der Waals surface area contributed by atoms with Crippen LogP contribution < -0.4 is 10.2 Å². The minimum Gasteiger partial charge on any atom is -0.361 e. The monoisotopic (exact) mass is 392 g/mol. The van der Waals surface area contributed by atoms with Gasteiger partial charge in [-0.05, 0) is 28.2 Å². The first-order valence-electron chi connectivity index (χ1n) is 10.5. The third-order valence-corrected chi connectivity index (χ3v) is 5.51. The van der Waals surface area contributed by atoms with Crippen LogP contribution >= 0.6 is 0 Å². The molecule has 0 aliphatic rings. The van der Waals surface area contributed by atoms with Gasteiger partial charge in [-0.3, -0.25) is 4.79 Å². The number of likely N-dealkylation sites (N-methyl/N-ethyl adjacent to an activating group) is 1. The van der Waals surface area contributed by atoms with E-state index in [1.54, 1.807) is 0 Å². The highest BCUT2D eigenvalue weighted by Crippen LogP contribution is 2.34. The van der Waals surface area contributed by atoms with Gasteiger partial charge in [0.05, 0.1) is 27.2 Å². The zero-order valence-electron chi connectivity index (χ0n) is 18.3. The molecule has 0 saturated carbocycles. The normalized spacial score (nSPS) is 13.0. The number of para-hydroxylation sites is 1. The number of carbonyl (C=O) groups is 1. The number of aromatic amines is 1. The van der Waals surface area contributed by atoms with Gasteiger partial charge >= 0.3 is 0 Å². The molecule has 0 unspecified atom stereocenters. The first kappa shape index (κ1) is 21.1. The Balaban J connectivity index is 1.90. The summed E-state index contributed by atoms with van der Waals surface area (Å²) in [5, 5.41) is 4.27. The molecule has 4 heteroatoms. The Hall–Kier alpha value is -2.59. The molecule has 4 nitrogen and oxygen atoms in total. The van der Waals surface area contributed by atoms with Crippen molar-refractivity contribution in [1.29, 1.82) is 0 Å². The number of amides is 1. The molecule has 29 heavy (non-hydrogen) atoms. The van der Waals surface area contributed by atoms with E-state index in [9.17, 15) is 4.79 Å². The van der Waals surface area contributed by atoms with Gasteiger partial charge in [0.15, 0.2) is 0 Å². The molecule has 0 saturated heterocycles. The SMILES string of the molecule is C[NH+](C)CCNC(=O)C[C@H](c1ccc(C(C)(C)C)cc1)c1c[nH]c2ccccc12. The second-order valence-electron chi connectivity index (χ2n) is 9.23. The summed E-state index contributed by atoms with van der Waals surface area (Å²) in [4.78, 5) is 17.4. The first-order valence-corrected chi connectivity index (χ1v) is 10.5. The lowest BCUT2D eigenvalue weighted by atomic mass is 9.83. The lowest BCUT2D eigenvalue weighted by Crippen LogP contribution is -3.06. The molecule has 0 radical (unpaired) electrons. The van der Waals surface area contributed by atoms with E-state index in [1.807, 2.05) is 6.07 Å². The number of H-pyrrole nitrogens is 1. The summed E-state index contributed by atoms with van der Waals surface area (Å²) >= 11 is 0. The third-order valence-electron chi connectivity index (χ3n) is 5.51. The second kappa shape index (κ2) is 8.83. The van der Waals surface area contributed by atoms with Gasteiger partial charge in [-0.25, -0.2) is 0 Å². The van der Waals surface area contributed by atoms with Crippen LogP contribution in [0.4, 0.5) is 0 Å². The highest BCUT2D eigenvalue weighted by molar-refractivity contribution is 5.86. The molecule has 3 N–H and O–H groups in total. The number of hydrogen-bond donors (Lipinski definition) is 3. The molecule has 0 bridgehead atoms. The fraction of sp³-hybridized carbons (Fsp3) is 0.400. The van der Waals surface area contributed by atoms with Gasteiger partial charge < -0.3 is 15.2 Å². The number of nitrogens with one attached hydrogen (secondary N) is 3. The molecule has 1 atom stereocenters. The van der Waals surface area contributed by atoms with Crippen molar-refractivity contribution in [2.24, 2.45) is 0 Å². The van der Waals surface area contributed by atoms with Gasteiger partial charge in [-0.15, -0.1) is 0 Å². The van der Waals surface area contributed by atoms with Crippen LogP contribution in [-0.2, 0) is 10.2 Å². The molecule has 3 rings (SSSR count). The molecule has 154 valence electrons. The van der Waals surface area contributed by atoms with Crippen molar-refractivity contribution >= 4 is 16.8 Å². The Morgan fingerprint density at radius 3 is 2.41 bits per heavy atom. The number of quaternary nitrogens is 1. The zero-order valence-corrected chi connectivity index (χ0v) is 18.3. The summed E-state index contributed by atoms with van der Waals surface area (Å²) in [6, 6.07) is 17.1. The first-order chi connectivity index (χ1) is 13.8. The number of rotatable bonds is 7. The van der Waals surface area contributed by atoms with E-state index in [4.69, 9.17) is 0 Å². The van der Waals surface area contributed by atoms with E-state index in [-0.39, 0.29) is 17.2 Å². The number of aromatic nitrogens is 1. The number of benzene rings is 2. The molecular formula is C25H34N3O+. The molecule has 0 spiro atoms. The van der Waals surface area contributed by atoms with Crippen molar-refractivity contribution in [3.63, 3.8) is 0 Å². The molecule has 2 aromatic carbocycles. The van der Waals surface area contributed by atoms with Gasteiger partial charge in [0.1, 0.15) is 0 Å². The maximum atomic E-state index is 12.7. The van der Waals surface area contributed by atoms with Gasteiger partial charge in [-0.1, -0.05) is 63.2 Å². The van der Waals surface area contributed by atoms with Gasteiger partial charge in [0, 0.05) is 29.4 Å². The fourth-order valence-corrected chi connectivity index (χ4v) is 3.71. The van der Waals surface area contributed by atoms with Crippen LogP contribution in [0, 0.1) is 0 Å². The highest BCUT2D eigenvalue weighted by atomic mass is 16.1. The van der Waals surface area contributed by atoms with Crippen molar-refractivity contribution in [2.75, 3.05) is 27.2 Å². The van der Waals surface area contributed by atoms with Crippen LogP contribution in [0.2, 0.25) is 0 Å². The van der Waals surface area contributed by atoms with Gasteiger partial charge in [0.2, 0.25) is 5.91 Å². The summed E-state index contributed by atoms with van der Waals surface area (Å²) in [5.41, 5.74) is 4.88. The Kier molecular flexibility index (Phi) is 6.43. The van der Waals surface area contributed by atoms with Crippen LogP contribution in [0.3, 0.4) is 0 Å². The molecule has 1 amide bonds. The summed E-state index contributed by atoms with van der Waals surface area (Å²) in [6.07, 6.45) is 2.50. The smallest absolute Gasteiger partial charge is 0.221 e. The quantitative estimate of drug-likeness (QED) is 0.568. The Bertz CT molecular complexity index is 948. The molecule has 0 fully saturated rings. The van der Waals surface area contributed by atoms with Crippen LogP contribution in [0.5, 0.6) is 0 Å². The van der Waals surface area contributed by atoms with Crippen LogP contribution in [0.1, 0.15) is 49.8 Å². The molecule has 3 aromatic rings. The number of fused-ring (bicyclic) bond motifs is 1. The number of hydrogen-bond acceptors (Lipinski definition) is 1. The summed E-state index contributed by atoms with van der Waals surface area (Å²) in [5.74, 6) is 0.119. The fourth-order valence-electron chi connectivity index (χ4n) is 3.71. The summed E-state index contributed by atoms with van der Waals surface area (Å²) in [6.45, 7) is 8.28. The standard InChI is InChI=1S/C25H33N3O/c1-25(2,3)19-12-10-18(11-13-19)21(16-24(29)26-14-15-28(4)5)22-17-27-23-9-7-6-8-20(22)23/h6-13,17,21,27H,14-16H2,1-5H3,(H,26,29)/p+1/t21-/m1/s1. The van der Waals surface area contributed by atoms with Crippen LogP contribution in [0.25, 0.3) is 10.9 Å². The van der Waals surface area contributed by atoms with E-state index in [0.29, 0.717) is 13.0 Å². The van der Waals surface area contributed by atoms with Crippen molar-refractivity contribution in [2.45, 2.75) is 38.5 Å². The summed E-state index contributed by atoms with van der Waals surface area (Å²) < 4.78 is 0. The predicted molar refractivity (Wildman–Crippen MR) is 121 cm³/mol. The molecule has 1 heterocycles. The van der Waals surface area contributed by atoms with Crippen molar-refractivity contribution < 1.29 is 9.69 Å². The maximum Gasteiger partial charge on any atom is 0.221 e. The van der Waals surface area contributed by atoms with Crippen molar-refractivity contribution in [3.8, 4) is 0 Å². The minimum absolute atomic E-state index is 0.0203. The lowest BCUT2D eigenvalue weighted by molar-refractivity contribution is -0.856. The Morgan fingerprint density at radius 1 is 1.07 bits per heavy atom. The zero-order chi connectivity index (χ0) is 21.0. The highest BCUT2D eigenvalue weighted by Gasteiger charge is 2.22. The number of carbonyl (C=O) groups excluding carboxylic acids is 1. The molecular weight excluding hydrogens is 358 g/mol. The van der Waals surface area contributed by atoms with Crippen molar-refractivity contribution in [3.05, 3.63) is 71.4 Å². The van der Waals surface area contributed by atoms with E-state index < -0.39 is 0 Å². The maximum absolute atomic E-state index is 12.7. The largest absolute Gasteiger partial charge is 0.361 e. The lowest BCUT2D eigenvalue weighted by Gasteiger charge is -2.22. The van der Waals surface area contributed by atoms with E-state index in [2.05, 4.69) is 93.8 Å². The van der Waals surface area contributed by atoms with E-state index >= 15 is 0 Å². The predicted octanol–water partition coefficient (Wildman–Crippen LogP) is 3.25. The average Bonchev–Trinajstić information content (AvgIpc) is 3.09. The van der Waals surface area contributed by atoms with Gasteiger partial charge in [-0.2, -0.15) is 0 Å². The molecule has 0 aliphatic heterocycles. The summed E-state index contributed by atoms with van der Waals surface area (Å²) in [7, 11) is 4.19. The van der Waals surface area contributed by atoms with E-state index in [1.165, 1.54) is 27.0 Å². The van der Waals surface area contributed by atoms with Crippen molar-refractivity contribution in [1.82, 2.24) is 10.3 Å². The van der Waals surface area contributed by atoms with E-state index in [0.717, 1.165) is 12.1 Å². The van der Waals surface area contributed by atoms with Gasteiger partial charge in [0.25, 0.3) is 0 Å². The average molecular weight is 393 g/mol. The minimum atomic E-state index is 0.0203. The molecule has 0 aliphatic carbocycles.